The van der Waals surface area contributed by atoms with Crippen molar-refractivity contribution in [1.82, 2.24) is 10.2 Å². The number of rotatable bonds is 2. The van der Waals surface area contributed by atoms with Crippen LogP contribution in [-0.4, -0.2) is 35.2 Å². The summed E-state index contributed by atoms with van der Waals surface area (Å²) in [5, 5.41) is 13.6. The molecule has 1 aromatic rings. The van der Waals surface area contributed by atoms with Crippen LogP contribution >= 0.6 is 0 Å². The standard InChI is InChI=1S/C17H25FN2O/c1-13(15-6-5-14(18)11-16(15)21)20-10-9-19-12-17(20)7-3-2-4-8-17/h5-6,11,13,19,21H,2-4,7-10,12H2,1H3. The zero-order valence-electron chi connectivity index (χ0n) is 12.7. The van der Waals surface area contributed by atoms with Crippen LogP contribution in [0.5, 0.6) is 5.75 Å². The smallest absolute Gasteiger partial charge is 0.126 e. The summed E-state index contributed by atoms with van der Waals surface area (Å²) in [7, 11) is 0. The second kappa shape index (κ2) is 5.93. The van der Waals surface area contributed by atoms with E-state index in [1.54, 1.807) is 6.07 Å². The molecular weight excluding hydrogens is 267 g/mol. The molecule has 2 aliphatic rings. The third-order valence-corrected chi connectivity index (χ3v) is 5.29. The third-order valence-electron chi connectivity index (χ3n) is 5.29. The molecule has 0 aromatic heterocycles. The van der Waals surface area contributed by atoms with Gasteiger partial charge in [-0.1, -0.05) is 25.3 Å². The number of phenols is 1. The van der Waals surface area contributed by atoms with Gasteiger partial charge in [0, 0.05) is 42.8 Å². The molecule has 2 N–H and O–H groups in total. The van der Waals surface area contributed by atoms with Crippen molar-refractivity contribution in [2.75, 3.05) is 19.6 Å². The van der Waals surface area contributed by atoms with Crippen LogP contribution in [0.15, 0.2) is 18.2 Å². The van der Waals surface area contributed by atoms with Crippen LogP contribution in [-0.2, 0) is 0 Å². The maximum atomic E-state index is 13.2. The topological polar surface area (TPSA) is 35.5 Å². The summed E-state index contributed by atoms with van der Waals surface area (Å²) in [6, 6.07) is 4.52. The molecule has 3 rings (SSSR count). The zero-order valence-corrected chi connectivity index (χ0v) is 12.7. The van der Waals surface area contributed by atoms with Crippen molar-refractivity contribution in [2.24, 2.45) is 0 Å². The lowest BCUT2D eigenvalue weighted by molar-refractivity contribution is -0.00338. The van der Waals surface area contributed by atoms with E-state index in [-0.39, 0.29) is 23.1 Å². The fourth-order valence-electron chi connectivity index (χ4n) is 4.18. The van der Waals surface area contributed by atoms with E-state index in [9.17, 15) is 9.50 Å². The SMILES string of the molecule is CC(c1ccc(F)cc1O)N1CCNCC12CCCCC2. The second-order valence-corrected chi connectivity index (χ2v) is 6.53. The summed E-state index contributed by atoms with van der Waals surface area (Å²) < 4.78 is 13.2. The number of nitrogens with zero attached hydrogens (tertiary/aromatic N) is 1. The van der Waals surface area contributed by atoms with E-state index in [2.05, 4.69) is 17.1 Å². The molecule has 1 aliphatic carbocycles. The van der Waals surface area contributed by atoms with E-state index in [4.69, 9.17) is 0 Å². The number of aromatic hydroxyl groups is 1. The van der Waals surface area contributed by atoms with Gasteiger partial charge in [-0.3, -0.25) is 4.90 Å². The molecule has 1 heterocycles. The Labute approximate surface area is 126 Å². The van der Waals surface area contributed by atoms with E-state index < -0.39 is 0 Å². The van der Waals surface area contributed by atoms with Crippen molar-refractivity contribution in [3.05, 3.63) is 29.6 Å². The van der Waals surface area contributed by atoms with Crippen molar-refractivity contribution in [3.63, 3.8) is 0 Å². The first-order valence-electron chi connectivity index (χ1n) is 8.08. The van der Waals surface area contributed by atoms with Crippen LogP contribution < -0.4 is 5.32 Å². The van der Waals surface area contributed by atoms with Crippen LogP contribution in [0.4, 0.5) is 4.39 Å². The third kappa shape index (κ3) is 2.79. The summed E-state index contributed by atoms with van der Waals surface area (Å²) in [4.78, 5) is 2.54. The number of halogens is 1. The van der Waals surface area contributed by atoms with Gasteiger partial charge in [-0.05, 0) is 25.8 Å². The first-order valence-corrected chi connectivity index (χ1v) is 8.08. The number of hydrogen-bond donors (Lipinski definition) is 2. The zero-order chi connectivity index (χ0) is 14.9. The van der Waals surface area contributed by atoms with Gasteiger partial charge in [0.2, 0.25) is 0 Å². The number of nitrogens with one attached hydrogen (secondary N) is 1. The van der Waals surface area contributed by atoms with Crippen LogP contribution in [0, 0.1) is 5.82 Å². The summed E-state index contributed by atoms with van der Waals surface area (Å²) in [6.45, 7) is 5.12. The first kappa shape index (κ1) is 14.8. The lowest BCUT2D eigenvalue weighted by atomic mass is 9.78. The summed E-state index contributed by atoms with van der Waals surface area (Å²) in [6.07, 6.45) is 6.31. The highest BCUT2D eigenvalue weighted by Gasteiger charge is 2.42. The van der Waals surface area contributed by atoms with Gasteiger partial charge in [-0.2, -0.15) is 0 Å². The van der Waals surface area contributed by atoms with Crippen LogP contribution in [0.2, 0.25) is 0 Å². The summed E-state index contributed by atoms with van der Waals surface area (Å²) in [5.74, 6) is -0.303. The Hall–Kier alpha value is -1.13. The quantitative estimate of drug-likeness (QED) is 0.878. The summed E-state index contributed by atoms with van der Waals surface area (Å²) in [5.41, 5.74) is 1.04. The molecule has 21 heavy (non-hydrogen) atoms. The molecule has 1 aliphatic heterocycles. The second-order valence-electron chi connectivity index (χ2n) is 6.53. The van der Waals surface area contributed by atoms with E-state index >= 15 is 0 Å². The molecule has 4 heteroatoms. The molecule has 1 saturated carbocycles. The highest BCUT2D eigenvalue weighted by atomic mass is 19.1. The fourth-order valence-corrected chi connectivity index (χ4v) is 4.18. The van der Waals surface area contributed by atoms with Crippen molar-refractivity contribution in [1.29, 1.82) is 0 Å². The molecule has 2 fully saturated rings. The number of benzene rings is 1. The van der Waals surface area contributed by atoms with Crippen molar-refractivity contribution in [3.8, 4) is 5.75 Å². The number of hydrogen-bond acceptors (Lipinski definition) is 3. The summed E-state index contributed by atoms with van der Waals surface area (Å²) >= 11 is 0. The predicted octanol–water partition coefficient (Wildman–Crippen LogP) is 3.20. The van der Waals surface area contributed by atoms with Gasteiger partial charge in [0.15, 0.2) is 0 Å². The molecule has 0 radical (unpaired) electrons. The number of piperazine rings is 1. The van der Waals surface area contributed by atoms with Gasteiger partial charge < -0.3 is 10.4 Å². The average molecular weight is 292 g/mol. The monoisotopic (exact) mass is 292 g/mol. The van der Waals surface area contributed by atoms with E-state index in [0.717, 1.165) is 25.2 Å². The fraction of sp³-hybridized carbons (Fsp3) is 0.647. The Kier molecular flexibility index (Phi) is 4.18. The lowest BCUT2D eigenvalue weighted by Crippen LogP contribution is -2.62. The minimum absolute atomic E-state index is 0.0759. The van der Waals surface area contributed by atoms with Gasteiger partial charge in [-0.15, -0.1) is 0 Å². The molecule has 1 saturated heterocycles. The minimum Gasteiger partial charge on any atom is -0.508 e. The van der Waals surface area contributed by atoms with Crippen LogP contribution in [0.25, 0.3) is 0 Å². The Morgan fingerprint density at radius 2 is 2.05 bits per heavy atom. The Balaban J connectivity index is 1.88. The molecule has 0 amide bonds. The van der Waals surface area contributed by atoms with E-state index in [1.165, 1.54) is 44.2 Å². The number of phenolic OH excluding ortho intramolecular Hbond substituents is 1. The predicted molar refractivity (Wildman–Crippen MR) is 81.9 cm³/mol. The molecule has 1 spiro atoms. The van der Waals surface area contributed by atoms with Crippen molar-refractivity contribution < 1.29 is 9.50 Å². The van der Waals surface area contributed by atoms with Crippen LogP contribution in [0.3, 0.4) is 0 Å². The molecule has 1 atom stereocenters. The molecule has 3 nitrogen and oxygen atoms in total. The highest BCUT2D eigenvalue weighted by molar-refractivity contribution is 5.35. The Morgan fingerprint density at radius 1 is 1.29 bits per heavy atom. The maximum absolute atomic E-state index is 13.2. The van der Waals surface area contributed by atoms with Crippen molar-refractivity contribution in [2.45, 2.75) is 50.6 Å². The normalized spacial score (nSPS) is 24.1. The van der Waals surface area contributed by atoms with Gasteiger partial charge in [0.05, 0.1) is 0 Å². The Morgan fingerprint density at radius 3 is 2.76 bits per heavy atom. The highest BCUT2D eigenvalue weighted by Crippen LogP contribution is 2.41. The molecule has 116 valence electrons. The van der Waals surface area contributed by atoms with Crippen molar-refractivity contribution >= 4 is 0 Å². The van der Waals surface area contributed by atoms with Gasteiger partial charge in [-0.25, -0.2) is 4.39 Å². The molecule has 0 bridgehead atoms. The average Bonchev–Trinajstić information content (AvgIpc) is 2.48. The van der Waals surface area contributed by atoms with Gasteiger partial charge in [0.25, 0.3) is 0 Å². The lowest BCUT2D eigenvalue weighted by Gasteiger charge is -2.52. The Bertz CT molecular complexity index is 491. The van der Waals surface area contributed by atoms with E-state index in [0.29, 0.717) is 0 Å². The van der Waals surface area contributed by atoms with Gasteiger partial charge >= 0.3 is 0 Å². The van der Waals surface area contributed by atoms with Gasteiger partial charge in [0.1, 0.15) is 11.6 Å². The molecule has 1 unspecified atom stereocenters. The van der Waals surface area contributed by atoms with Crippen LogP contribution in [0.1, 0.15) is 50.6 Å². The largest absolute Gasteiger partial charge is 0.508 e. The molecule has 1 aromatic carbocycles. The molecular formula is C17H25FN2O. The maximum Gasteiger partial charge on any atom is 0.126 e. The first-order chi connectivity index (χ1) is 10.1. The van der Waals surface area contributed by atoms with E-state index in [1.807, 2.05) is 0 Å². The minimum atomic E-state index is -0.379.